The van der Waals surface area contributed by atoms with Crippen LogP contribution >= 0.6 is 11.6 Å². The van der Waals surface area contributed by atoms with E-state index in [-0.39, 0.29) is 0 Å². The van der Waals surface area contributed by atoms with E-state index in [1.807, 2.05) is 20.8 Å². The second-order valence-electron chi connectivity index (χ2n) is 4.44. The molecule has 1 unspecified atom stereocenters. The van der Waals surface area contributed by atoms with Crippen molar-refractivity contribution in [1.82, 2.24) is 0 Å². The van der Waals surface area contributed by atoms with Crippen molar-refractivity contribution in [3.8, 4) is 11.5 Å². The van der Waals surface area contributed by atoms with Gasteiger partial charge in [-0.1, -0.05) is 32.4 Å². The Labute approximate surface area is 120 Å². The van der Waals surface area contributed by atoms with E-state index in [4.69, 9.17) is 21.1 Å². The smallest absolute Gasteiger partial charge is 0.141 e. The summed E-state index contributed by atoms with van der Waals surface area (Å²) in [4.78, 5) is 0. The maximum Gasteiger partial charge on any atom is 0.141 e. The molecule has 1 rings (SSSR count). The van der Waals surface area contributed by atoms with E-state index < -0.39 is 6.10 Å². The van der Waals surface area contributed by atoms with Crippen LogP contribution in [0.5, 0.6) is 11.5 Å². The van der Waals surface area contributed by atoms with Crippen molar-refractivity contribution in [2.75, 3.05) is 13.2 Å². The lowest BCUT2D eigenvalue weighted by molar-refractivity contribution is 0.167. The van der Waals surface area contributed by atoms with Crippen molar-refractivity contribution < 1.29 is 14.6 Å². The molecule has 0 saturated heterocycles. The molecule has 1 atom stereocenters. The molecule has 0 aliphatic carbocycles. The number of ether oxygens (including phenoxy) is 2. The first kappa shape index (κ1) is 16.1. The number of aliphatic hydroxyl groups is 1. The summed E-state index contributed by atoms with van der Waals surface area (Å²) >= 11 is 6.18. The quantitative estimate of drug-likeness (QED) is 0.771. The van der Waals surface area contributed by atoms with Crippen molar-refractivity contribution in [2.24, 2.45) is 0 Å². The van der Waals surface area contributed by atoms with Crippen molar-refractivity contribution in [2.45, 2.75) is 46.1 Å². The predicted octanol–water partition coefficient (Wildman–Crippen LogP) is 4.36. The molecule has 0 aromatic heterocycles. The average molecular weight is 287 g/mol. The molecule has 0 heterocycles. The van der Waals surface area contributed by atoms with Gasteiger partial charge in [0.2, 0.25) is 0 Å². The molecule has 0 radical (unpaired) electrons. The summed E-state index contributed by atoms with van der Waals surface area (Å²) in [5.41, 5.74) is 0.727. The van der Waals surface area contributed by atoms with Crippen LogP contribution in [0, 0.1) is 0 Å². The van der Waals surface area contributed by atoms with Crippen molar-refractivity contribution in [3.05, 3.63) is 22.7 Å². The Morgan fingerprint density at radius 3 is 2.16 bits per heavy atom. The molecule has 0 aliphatic rings. The van der Waals surface area contributed by atoms with E-state index in [1.165, 1.54) is 0 Å². The van der Waals surface area contributed by atoms with E-state index in [0.29, 0.717) is 36.2 Å². The number of benzene rings is 1. The minimum absolute atomic E-state index is 0.514. The molecular weight excluding hydrogens is 264 g/mol. The average Bonchev–Trinajstić information content (AvgIpc) is 2.43. The van der Waals surface area contributed by atoms with Crippen LogP contribution in [0.1, 0.15) is 51.7 Å². The zero-order valence-corrected chi connectivity index (χ0v) is 12.7. The van der Waals surface area contributed by atoms with E-state index in [1.54, 1.807) is 12.1 Å². The first-order valence-electron chi connectivity index (χ1n) is 6.91. The summed E-state index contributed by atoms with van der Waals surface area (Å²) in [6, 6.07) is 3.52. The van der Waals surface area contributed by atoms with Crippen LogP contribution in [0.15, 0.2) is 12.1 Å². The van der Waals surface area contributed by atoms with Gasteiger partial charge in [-0.25, -0.2) is 0 Å². The van der Waals surface area contributed by atoms with Gasteiger partial charge in [0, 0.05) is 11.6 Å². The highest BCUT2D eigenvalue weighted by atomic mass is 35.5. The summed E-state index contributed by atoms with van der Waals surface area (Å²) in [5, 5.41) is 10.5. The molecule has 0 amide bonds. The van der Waals surface area contributed by atoms with Gasteiger partial charge in [0.1, 0.15) is 11.5 Å². The van der Waals surface area contributed by atoms with Crippen molar-refractivity contribution in [3.63, 3.8) is 0 Å². The highest BCUT2D eigenvalue weighted by Crippen LogP contribution is 2.37. The van der Waals surface area contributed by atoms with Gasteiger partial charge in [-0.15, -0.1) is 0 Å². The fourth-order valence-electron chi connectivity index (χ4n) is 1.69. The summed E-state index contributed by atoms with van der Waals surface area (Å²) in [6.45, 7) is 7.22. The monoisotopic (exact) mass is 286 g/mol. The van der Waals surface area contributed by atoms with E-state index in [9.17, 15) is 5.11 Å². The fourth-order valence-corrected chi connectivity index (χ4v) is 1.92. The largest absolute Gasteiger partial charge is 0.493 e. The van der Waals surface area contributed by atoms with Gasteiger partial charge >= 0.3 is 0 Å². The third-order valence-corrected chi connectivity index (χ3v) is 3.03. The van der Waals surface area contributed by atoms with Gasteiger partial charge in [0.25, 0.3) is 0 Å². The number of hydrogen-bond acceptors (Lipinski definition) is 3. The van der Waals surface area contributed by atoms with Gasteiger partial charge < -0.3 is 14.6 Å². The van der Waals surface area contributed by atoms with Crippen LogP contribution in [-0.4, -0.2) is 18.3 Å². The minimum atomic E-state index is -0.565. The number of aliphatic hydroxyl groups excluding tert-OH is 1. The third-order valence-electron chi connectivity index (χ3n) is 2.73. The number of rotatable bonds is 8. The molecule has 0 spiro atoms. The number of halogens is 1. The second kappa shape index (κ2) is 8.28. The van der Waals surface area contributed by atoms with Gasteiger partial charge in [-0.05, 0) is 25.3 Å². The molecular formula is C15H23ClO3. The molecule has 0 saturated carbocycles. The molecule has 4 heteroatoms. The zero-order chi connectivity index (χ0) is 14.3. The minimum Gasteiger partial charge on any atom is -0.493 e. The van der Waals surface area contributed by atoms with Gasteiger partial charge in [0.05, 0.1) is 24.3 Å². The third kappa shape index (κ3) is 4.59. The van der Waals surface area contributed by atoms with E-state index >= 15 is 0 Å². The summed E-state index contributed by atoms with van der Waals surface area (Å²) in [6.07, 6.45) is 1.88. The van der Waals surface area contributed by atoms with E-state index in [2.05, 4.69) is 0 Å². The normalized spacial score (nSPS) is 12.3. The lowest BCUT2D eigenvalue weighted by atomic mass is 10.1. The maximum atomic E-state index is 10.0. The zero-order valence-electron chi connectivity index (χ0n) is 11.9. The molecule has 3 nitrogen and oxygen atoms in total. The van der Waals surface area contributed by atoms with Crippen LogP contribution in [0.25, 0.3) is 0 Å². The van der Waals surface area contributed by atoms with Crippen LogP contribution in [0.3, 0.4) is 0 Å². The Morgan fingerprint density at radius 1 is 1.05 bits per heavy atom. The first-order valence-corrected chi connectivity index (χ1v) is 7.28. The maximum absolute atomic E-state index is 10.0. The molecule has 19 heavy (non-hydrogen) atoms. The fraction of sp³-hybridized carbons (Fsp3) is 0.600. The summed E-state index contributed by atoms with van der Waals surface area (Å²) < 4.78 is 11.3. The lowest BCUT2D eigenvalue weighted by Gasteiger charge is -2.17. The number of hydrogen-bond donors (Lipinski definition) is 1. The highest BCUT2D eigenvalue weighted by Gasteiger charge is 2.16. The van der Waals surface area contributed by atoms with Crippen molar-refractivity contribution in [1.29, 1.82) is 0 Å². The highest BCUT2D eigenvalue weighted by molar-refractivity contribution is 6.32. The Hall–Kier alpha value is -0.930. The van der Waals surface area contributed by atoms with Gasteiger partial charge in [0.15, 0.2) is 0 Å². The standard InChI is InChI=1S/C15H23ClO3/c1-4-7-18-14-10-15(19-8-5-2)12(16)9-11(14)13(17)6-3/h9-10,13,17H,4-8H2,1-3H3. The Balaban J connectivity index is 3.05. The van der Waals surface area contributed by atoms with Crippen LogP contribution < -0.4 is 9.47 Å². The molecule has 0 fully saturated rings. The Kier molecular flexibility index (Phi) is 7.03. The molecule has 0 aliphatic heterocycles. The van der Waals surface area contributed by atoms with Gasteiger partial charge in [-0.2, -0.15) is 0 Å². The Bertz CT molecular complexity index is 393. The van der Waals surface area contributed by atoms with Crippen LogP contribution in [0.2, 0.25) is 5.02 Å². The SMILES string of the molecule is CCCOc1cc(OCCC)c(C(O)CC)cc1Cl. The second-order valence-corrected chi connectivity index (χ2v) is 4.85. The lowest BCUT2D eigenvalue weighted by Crippen LogP contribution is -2.05. The van der Waals surface area contributed by atoms with Crippen LogP contribution in [-0.2, 0) is 0 Å². The molecule has 1 aromatic carbocycles. The summed E-state index contributed by atoms with van der Waals surface area (Å²) in [7, 11) is 0. The molecule has 1 aromatic rings. The van der Waals surface area contributed by atoms with Gasteiger partial charge in [-0.3, -0.25) is 0 Å². The summed E-state index contributed by atoms with van der Waals surface area (Å²) in [5.74, 6) is 1.27. The molecule has 1 N–H and O–H groups in total. The first-order chi connectivity index (χ1) is 9.13. The molecule has 108 valence electrons. The predicted molar refractivity (Wildman–Crippen MR) is 78.3 cm³/mol. The Morgan fingerprint density at radius 2 is 1.63 bits per heavy atom. The topological polar surface area (TPSA) is 38.7 Å². The molecule has 0 bridgehead atoms. The van der Waals surface area contributed by atoms with Crippen LogP contribution in [0.4, 0.5) is 0 Å². The van der Waals surface area contributed by atoms with Crippen molar-refractivity contribution >= 4 is 11.6 Å². The van der Waals surface area contributed by atoms with E-state index in [0.717, 1.165) is 18.4 Å².